The molecule has 1 aromatic heterocycles. The summed E-state index contributed by atoms with van der Waals surface area (Å²) < 4.78 is 27.6. The van der Waals surface area contributed by atoms with Crippen LogP contribution in [0.15, 0.2) is 47.5 Å². The molecule has 0 aliphatic carbocycles. The predicted octanol–water partition coefficient (Wildman–Crippen LogP) is 3.33. The number of rotatable bonds is 3. The third-order valence-corrected chi connectivity index (χ3v) is 4.91. The Morgan fingerprint density at radius 3 is 2.81 bits per heavy atom. The highest BCUT2D eigenvalue weighted by Crippen LogP contribution is 2.26. The smallest absolute Gasteiger partial charge is 0.262 e. The first-order valence-corrected chi connectivity index (χ1v) is 8.04. The summed E-state index contributed by atoms with van der Waals surface area (Å²) in [5.74, 6) is 0. The van der Waals surface area contributed by atoms with Crippen LogP contribution >= 0.6 is 11.6 Å². The molecule has 3 aromatic rings. The number of hydrogen-bond acceptors (Lipinski definition) is 3. The molecule has 2 N–H and O–H groups in total. The molecule has 0 aliphatic heterocycles. The van der Waals surface area contributed by atoms with Crippen molar-refractivity contribution in [2.45, 2.75) is 11.8 Å². The van der Waals surface area contributed by atoms with Crippen molar-refractivity contribution >= 4 is 38.2 Å². The van der Waals surface area contributed by atoms with E-state index in [-0.39, 0.29) is 4.90 Å². The molecule has 0 saturated carbocycles. The van der Waals surface area contributed by atoms with Gasteiger partial charge in [-0.2, -0.15) is 5.10 Å². The van der Waals surface area contributed by atoms with Crippen molar-refractivity contribution in [2.75, 3.05) is 4.72 Å². The summed E-state index contributed by atoms with van der Waals surface area (Å²) >= 11 is 5.86. The van der Waals surface area contributed by atoms with Crippen molar-refractivity contribution in [3.63, 3.8) is 0 Å². The molecule has 7 heteroatoms. The first-order chi connectivity index (χ1) is 9.97. The number of halogens is 1. The van der Waals surface area contributed by atoms with Crippen LogP contribution < -0.4 is 4.72 Å². The number of aromatic amines is 1. The number of aryl methyl sites for hydroxylation is 1. The molecule has 0 saturated heterocycles. The lowest BCUT2D eigenvalue weighted by Crippen LogP contribution is -2.14. The molecule has 1 heterocycles. The Kier molecular flexibility index (Phi) is 3.35. The van der Waals surface area contributed by atoms with E-state index in [1.165, 1.54) is 6.07 Å². The maximum atomic E-state index is 12.5. The summed E-state index contributed by atoms with van der Waals surface area (Å²) in [6.07, 6.45) is 1.64. The maximum absolute atomic E-state index is 12.5. The number of benzene rings is 2. The number of para-hydroxylation sites is 1. The van der Waals surface area contributed by atoms with Crippen LogP contribution in [0.25, 0.3) is 10.9 Å². The fraction of sp³-hybridized carbons (Fsp3) is 0.0714. The van der Waals surface area contributed by atoms with Gasteiger partial charge in [0.15, 0.2) is 0 Å². The van der Waals surface area contributed by atoms with Crippen molar-refractivity contribution in [3.05, 3.63) is 53.2 Å². The van der Waals surface area contributed by atoms with E-state index >= 15 is 0 Å². The average molecular weight is 322 g/mol. The first-order valence-electron chi connectivity index (χ1n) is 6.18. The van der Waals surface area contributed by atoms with Crippen LogP contribution in [0.4, 0.5) is 5.69 Å². The number of hydrogen-bond donors (Lipinski definition) is 2. The summed E-state index contributed by atoms with van der Waals surface area (Å²) in [5.41, 5.74) is 1.69. The minimum Gasteiger partial charge on any atom is -0.277 e. The molecule has 0 amide bonds. The molecule has 3 rings (SSSR count). The molecule has 0 fully saturated rings. The molecule has 5 nitrogen and oxygen atoms in total. The summed E-state index contributed by atoms with van der Waals surface area (Å²) in [4.78, 5) is 0.198. The molecule has 0 radical (unpaired) electrons. The van der Waals surface area contributed by atoms with Gasteiger partial charge in [0.1, 0.15) is 0 Å². The first kappa shape index (κ1) is 13.9. The lowest BCUT2D eigenvalue weighted by molar-refractivity contribution is 0.600. The molecule has 0 unspecified atom stereocenters. The topological polar surface area (TPSA) is 74.8 Å². The van der Waals surface area contributed by atoms with Crippen LogP contribution in [0.2, 0.25) is 5.02 Å². The summed E-state index contributed by atoms with van der Waals surface area (Å²) in [5, 5.41) is 8.04. The highest BCUT2D eigenvalue weighted by atomic mass is 35.5. The summed E-state index contributed by atoms with van der Waals surface area (Å²) in [6, 6.07) is 9.97. The van der Waals surface area contributed by atoms with Crippen LogP contribution in [0.5, 0.6) is 0 Å². The van der Waals surface area contributed by atoms with E-state index in [0.717, 1.165) is 5.39 Å². The number of nitrogens with one attached hydrogen (secondary N) is 2. The standard InChI is InChI=1S/C14H12ClN3O2S/c1-9-7-11(15)5-6-13(9)21(19,20)18-12-4-2-3-10-8-16-17-14(10)12/h2-8,18H,1H3,(H,16,17). The number of anilines is 1. The molecule has 21 heavy (non-hydrogen) atoms. The Labute approximate surface area is 127 Å². The number of sulfonamides is 1. The summed E-state index contributed by atoms with van der Waals surface area (Å²) in [7, 11) is -3.69. The van der Waals surface area contributed by atoms with E-state index in [1.807, 2.05) is 6.07 Å². The number of H-pyrrole nitrogens is 1. The lowest BCUT2D eigenvalue weighted by atomic mass is 10.2. The van der Waals surface area contributed by atoms with Gasteiger partial charge in [-0.1, -0.05) is 23.7 Å². The van der Waals surface area contributed by atoms with Crippen LogP contribution in [0, 0.1) is 6.92 Å². The zero-order valence-corrected chi connectivity index (χ0v) is 12.7. The van der Waals surface area contributed by atoms with Crippen molar-refractivity contribution in [1.82, 2.24) is 10.2 Å². The Morgan fingerprint density at radius 2 is 2.05 bits per heavy atom. The Morgan fingerprint density at radius 1 is 1.24 bits per heavy atom. The minimum atomic E-state index is -3.69. The van der Waals surface area contributed by atoms with Gasteiger partial charge in [0, 0.05) is 10.4 Å². The lowest BCUT2D eigenvalue weighted by Gasteiger charge is -2.11. The Hall–Kier alpha value is -2.05. The van der Waals surface area contributed by atoms with E-state index < -0.39 is 10.0 Å². The number of aromatic nitrogens is 2. The van der Waals surface area contributed by atoms with Gasteiger partial charge in [-0.25, -0.2) is 8.42 Å². The van der Waals surface area contributed by atoms with E-state index in [1.54, 1.807) is 37.4 Å². The van der Waals surface area contributed by atoms with Crippen LogP contribution in [-0.4, -0.2) is 18.6 Å². The zero-order chi connectivity index (χ0) is 15.0. The molecule has 0 spiro atoms. The predicted molar refractivity (Wildman–Crippen MR) is 83.1 cm³/mol. The molecule has 0 aliphatic rings. The van der Waals surface area contributed by atoms with E-state index in [0.29, 0.717) is 21.8 Å². The van der Waals surface area contributed by atoms with Gasteiger partial charge in [-0.05, 0) is 36.8 Å². The van der Waals surface area contributed by atoms with Gasteiger partial charge in [0.25, 0.3) is 10.0 Å². The normalized spacial score (nSPS) is 11.7. The second kappa shape index (κ2) is 5.05. The van der Waals surface area contributed by atoms with Gasteiger partial charge < -0.3 is 0 Å². The zero-order valence-electron chi connectivity index (χ0n) is 11.1. The van der Waals surface area contributed by atoms with Crippen molar-refractivity contribution in [3.8, 4) is 0 Å². The quantitative estimate of drug-likeness (QED) is 0.777. The SMILES string of the molecule is Cc1cc(Cl)ccc1S(=O)(=O)Nc1cccc2cn[nH]c12. The second-order valence-electron chi connectivity index (χ2n) is 4.66. The molecule has 108 valence electrons. The monoisotopic (exact) mass is 321 g/mol. The largest absolute Gasteiger partial charge is 0.277 e. The van der Waals surface area contributed by atoms with Gasteiger partial charge in [0.05, 0.1) is 22.3 Å². The van der Waals surface area contributed by atoms with Crippen LogP contribution in [0.1, 0.15) is 5.56 Å². The van der Waals surface area contributed by atoms with E-state index in [9.17, 15) is 8.42 Å². The molecule has 0 bridgehead atoms. The fourth-order valence-corrected chi connectivity index (χ4v) is 3.69. The fourth-order valence-electron chi connectivity index (χ4n) is 2.17. The maximum Gasteiger partial charge on any atom is 0.262 e. The third-order valence-electron chi connectivity index (χ3n) is 3.15. The Bertz CT molecular complexity index is 919. The van der Waals surface area contributed by atoms with Crippen molar-refractivity contribution in [1.29, 1.82) is 0 Å². The van der Waals surface area contributed by atoms with Crippen molar-refractivity contribution in [2.24, 2.45) is 0 Å². The minimum absolute atomic E-state index is 0.198. The van der Waals surface area contributed by atoms with E-state index in [4.69, 9.17) is 11.6 Å². The van der Waals surface area contributed by atoms with Crippen LogP contribution in [-0.2, 0) is 10.0 Å². The summed E-state index contributed by atoms with van der Waals surface area (Å²) in [6.45, 7) is 1.71. The van der Waals surface area contributed by atoms with Gasteiger partial charge in [0.2, 0.25) is 0 Å². The van der Waals surface area contributed by atoms with Gasteiger partial charge >= 0.3 is 0 Å². The van der Waals surface area contributed by atoms with Crippen LogP contribution in [0.3, 0.4) is 0 Å². The van der Waals surface area contributed by atoms with Crippen molar-refractivity contribution < 1.29 is 8.42 Å². The second-order valence-corrected chi connectivity index (χ2v) is 6.74. The van der Waals surface area contributed by atoms with Gasteiger partial charge in [-0.15, -0.1) is 0 Å². The number of fused-ring (bicyclic) bond motifs is 1. The molecular weight excluding hydrogens is 310 g/mol. The Balaban J connectivity index is 2.05. The number of nitrogens with zero attached hydrogens (tertiary/aromatic N) is 1. The molecule has 0 atom stereocenters. The highest BCUT2D eigenvalue weighted by Gasteiger charge is 2.18. The molecule has 2 aromatic carbocycles. The average Bonchev–Trinajstić information content (AvgIpc) is 2.87. The third kappa shape index (κ3) is 2.59. The van der Waals surface area contributed by atoms with E-state index in [2.05, 4.69) is 14.9 Å². The molecular formula is C14H12ClN3O2S. The van der Waals surface area contributed by atoms with Gasteiger partial charge in [-0.3, -0.25) is 9.82 Å². The highest BCUT2D eigenvalue weighted by molar-refractivity contribution is 7.92.